The summed E-state index contributed by atoms with van der Waals surface area (Å²) in [5.74, 6) is 0.567. The average molecular weight is 292 g/mol. The SMILES string of the molecule is N#CN1CCC(C2CC(c3ccc4ccccc4c3)NN2)C1. The fourth-order valence-corrected chi connectivity index (χ4v) is 3.74. The van der Waals surface area contributed by atoms with E-state index >= 15 is 0 Å². The fourth-order valence-electron chi connectivity index (χ4n) is 3.74. The van der Waals surface area contributed by atoms with E-state index in [0.29, 0.717) is 18.0 Å². The second-order valence-electron chi connectivity index (χ2n) is 6.38. The standard InChI is InChI=1S/C18H20N4/c19-12-22-8-7-16(11-22)18-10-17(20-21-18)15-6-5-13-3-1-2-4-14(13)9-15/h1-6,9,16-18,20-21H,7-8,10-11H2. The van der Waals surface area contributed by atoms with E-state index in [1.54, 1.807) is 0 Å². The lowest BCUT2D eigenvalue weighted by molar-refractivity contribution is 0.372. The summed E-state index contributed by atoms with van der Waals surface area (Å²) in [6.45, 7) is 1.79. The van der Waals surface area contributed by atoms with Gasteiger partial charge in [0, 0.05) is 25.2 Å². The van der Waals surface area contributed by atoms with Crippen molar-refractivity contribution >= 4 is 10.8 Å². The number of rotatable bonds is 2. The first-order valence-corrected chi connectivity index (χ1v) is 7.98. The van der Waals surface area contributed by atoms with E-state index in [-0.39, 0.29) is 0 Å². The third kappa shape index (κ3) is 2.43. The van der Waals surface area contributed by atoms with Crippen molar-refractivity contribution in [3.8, 4) is 6.19 Å². The third-order valence-corrected chi connectivity index (χ3v) is 5.04. The van der Waals surface area contributed by atoms with E-state index in [0.717, 1.165) is 25.9 Å². The number of hydrazine groups is 1. The molecular formula is C18H20N4. The van der Waals surface area contributed by atoms with Gasteiger partial charge in [0.2, 0.25) is 0 Å². The molecule has 4 nitrogen and oxygen atoms in total. The summed E-state index contributed by atoms with van der Waals surface area (Å²) in [6, 6.07) is 16.0. The van der Waals surface area contributed by atoms with Crippen LogP contribution in [0, 0.1) is 17.4 Å². The summed E-state index contributed by atoms with van der Waals surface area (Å²) in [4.78, 5) is 1.87. The smallest absolute Gasteiger partial charge is 0.179 e. The quantitative estimate of drug-likeness (QED) is 0.835. The summed E-state index contributed by atoms with van der Waals surface area (Å²) in [5.41, 5.74) is 8.24. The molecule has 0 amide bonds. The highest BCUT2D eigenvalue weighted by Gasteiger charge is 2.34. The highest BCUT2D eigenvalue weighted by Crippen LogP contribution is 2.31. The molecule has 0 aliphatic carbocycles. The molecule has 2 aromatic rings. The second kappa shape index (κ2) is 5.60. The highest BCUT2D eigenvalue weighted by atomic mass is 15.4. The number of nitrogens with zero attached hydrogens (tertiary/aromatic N) is 2. The lowest BCUT2D eigenvalue weighted by Crippen LogP contribution is -2.36. The monoisotopic (exact) mass is 292 g/mol. The van der Waals surface area contributed by atoms with E-state index in [9.17, 15) is 0 Å². The number of nitriles is 1. The molecule has 2 saturated heterocycles. The van der Waals surface area contributed by atoms with Crippen LogP contribution in [0.25, 0.3) is 10.8 Å². The summed E-state index contributed by atoms with van der Waals surface area (Å²) in [6.07, 6.45) is 4.46. The lowest BCUT2D eigenvalue weighted by Gasteiger charge is -2.17. The van der Waals surface area contributed by atoms with E-state index < -0.39 is 0 Å². The molecular weight excluding hydrogens is 272 g/mol. The van der Waals surface area contributed by atoms with Crippen LogP contribution in [0.4, 0.5) is 0 Å². The highest BCUT2D eigenvalue weighted by molar-refractivity contribution is 5.83. The van der Waals surface area contributed by atoms with Crippen molar-refractivity contribution in [2.24, 2.45) is 5.92 Å². The Labute approximate surface area is 130 Å². The van der Waals surface area contributed by atoms with Gasteiger partial charge in [0.05, 0.1) is 0 Å². The molecule has 2 fully saturated rings. The number of likely N-dealkylation sites (tertiary alicyclic amines) is 1. The number of hydrogen-bond donors (Lipinski definition) is 2. The Morgan fingerprint density at radius 2 is 1.95 bits per heavy atom. The van der Waals surface area contributed by atoms with E-state index in [1.165, 1.54) is 16.3 Å². The molecule has 2 N–H and O–H groups in total. The van der Waals surface area contributed by atoms with Crippen LogP contribution in [0.3, 0.4) is 0 Å². The molecule has 0 saturated carbocycles. The molecule has 2 aliphatic heterocycles. The largest absolute Gasteiger partial charge is 0.310 e. The maximum Gasteiger partial charge on any atom is 0.179 e. The summed E-state index contributed by atoms with van der Waals surface area (Å²) in [7, 11) is 0. The zero-order valence-corrected chi connectivity index (χ0v) is 12.5. The van der Waals surface area contributed by atoms with Crippen LogP contribution in [0.5, 0.6) is 0 Å². The second-order valence-corrected chi connectivity index (χ2v) is 6.38. The van der Waals surface area contributed by atoms with Crippen molar-refractivity contribution < 1.29 is 0 Å². The van der Waals surface area contributed by atoms with Crippen molar-refractivity contribution in [3.05, 3.63) is 48.0 Å². The molecule has 4 rings (SSSR count). The van der Waals surface area contributed by atoms with E-state index in [4.69, 9.17) is 5.26 Å². The predicted molar refractivity (Wildman–Crippen MR) is 86.7 cm³/mol. The van der Waals surface area contributed by atoms with Gasteiger partial charge in [-0.05, 0) is 41.2 Å². The van der Waals surface area contributed by atoms with Crippen molar-refractivity contribution in [2.45, 2.75) is 24.9 Å². The van der Waals surface area contributed by atoms with Gasteiger partial charge >= 0.3 is 0 Å². The zero-order valence-electron chi connectivity index (χ0n) is 12.5. The van der Waals surface area contributed by atoms with Gasteiger partial charge in [-0.25, -0.2) is 0 Å². The average Bonchev–Trinajstić information content (AvgIpc) is 3.23. The first-order valence-electron chi connectivity index (χ1n) is 7.98. The van der Waals surface area contributed by atoms with Gasteiger partial charge in [-0.3, -0.25) is 10.9 Å². The molecule has 0 aromatic heterocycles. The van der Waals surface area contributed by atoms with Crippen molar-refractivity contribution in [1.29, 1.82) is 5.26 Å². The summed E-state index contributed by atoms with van der Waals surface area (Å²) < 4.78 is 0. The van der Waals surface area contributed by atoms with Crippen LogP contribution in [0.1, 0.15) is 24.4 Å². The fraction of sp³-hybridized carbons (Fsp3) is 0.389. The van der Waals surface area contributed by atoms with Crippen molar-refractivity contribution in [2.75, 3.05) is 13.1 Å². The summed E-state index contributed by atoms with van der Waals surface area (Å²) >= 11 is 0. The Morgan fingerprint density at radius 1 is 1.09 bits per heavy atom. The number of benzene rings is 2. The van der Waals surface area contributed by atoms with Crippen molar-refractivity contribution in [3.63, 3.8) is 0 Å². The maximum absolute atomic E-state index is 9.00. The van der Waals surface area contributed by atoms with Gasteiger partial charge in [-0.1, -0.05) is 36.4 Å². The first kappa shape index (κ1) is 13.6. The van der Waals surface area contributed by atoms with Crippen molar-refractivity contribution in [1.82, 2.24) is 15.8 Å². The molecule has 2 aromatic carbocycles. The van der Waals surface area contributed by atoms with E-state index in [1.807, 2.05) is 4.90 Å². The molecule has 112 valence electrons. The molecule has 0 spiro atoms. The Bertz CT molecular complexity index is 720. The number of fused-ring (bicyclic) bond motifs is 1. The molecule has 0 radical (unpaired) electrons. The minimum atomic E-state index is 0.353. The Kier molecular flexibility index (Phi) is 3.45. The Morgan fingerprint density at radius 3 is 2.77 bits per heavy atom. The molecule has 2 heterocycles. The molecule has 0 bridgehead atoms. The van der Waals surface area contributed by atoms with Gasteiger partial charge < -0.3 is 4.90 Å². The number of nitrogens with one attached hydrogen (secondary N) is 2. The summed E-state index contributed by atoms with van der Waals surface area (Å²) in [5, 5.41) is 11.6. The third-order valence-electron chi connectivity index (χ3n) is 5.04. The van der Waals surface area contributed by atoms with Gasteiger partial charge in [0.25, 0.3) is 0 Å². The van der Waals surface area contributed by atoms with Gasteiger partial charge in [-0.2, -0.15) is 5.26 Å². The lowest BCUT2D eigenvalue weighted by atomic mass is 9.92. The Balaban J connectivity index is 1.49. The normalized spacial score (nSPS) is 28.1. The topological polar surface area (TPSA) is 51.1 Å². The first-order chi connectivity index (χ1) is 10.8. The minimum Gasteiger partial charge on any atom is -0.310 e. The van der Waals surface area contributed by atoms with Crippen LogP contribution < -0.4 is 10.9 Å². The Hall–Kier alpha value is -2.09. The van der Waals surface area contributed by atoms with Crippen LogP contribution in [-0.2, 0) is 0 Å². The molecule has 4 heteroatoms. The van der Waals surface area contributed by atoms with Crippen LogP contribution in [0.15, 0.2) is 42.5 Å². The number of hydrogen-bond acceptors (Lipinski definition) is 4. The van der Waals surface area contributed by atoms with Crippen LogP contribution in [-0.4, -0.2) is 24.0 Å². The maximum atomic E-state index is 9.00. The predicted octanol–water partition coefficient (Wildman–Crippen LogP) is 2.55. The van der Waals surface area contributed by atoms with Gasteiger partial charge in [-0.15, -0.1) is 0 Å². The van der Waals surface area contributed by atoms with Gasteiger partial charge in [0.1, 0.15) is 0 Å². The van der Waals surface area contributed by atoms with E-state index in [2.05, 4.69) is 59.5 Å². The minimum absolute atomic E-state index is 0.353. The van der Waals surface area contributed by atoms with Gasteiger partial charge in [0.15, 0.2) is 6.19 Å². The molecule has 2 aliphatic rings. The zero-order chi connectivity index (χ0) is 14.9. The van der Waals surface area contributed by atoms with Crippen LogP contribution >= 0.6 is 0 Å². The molecule has 22 heavy (non-hydrogen) atoms. The molecule has 3 unspecified atom stereocenters. The molecule has 3 atom stereocenters. The van der Waals surface area contributed by atoms with Crippen LogP contribution in [0.2, 0.25) is 0 Å².